The Hall–Kier alpha value is -3.30. The van der Waals surface area contributed by atoms with Gasteiger partial charge in [-0.1, -0.05) is 42.5 Å². The predicted octanol–water partition coefficient (Wildman–Crippen LogP) is 2.93. The van der Waals surface area contributed by atoms with Gasteiger partial charge in [0.25, 0.3) is 11.8 Å². The van der Waals surface area contributed by atoms with Crippen molar-refractivity contribution in [2.45, 2.75) is 37.3 Å². The van der Waals surface area contributed by atoms with Crippen LogP contribution in [0.25, 0.3) is 0 Å². The minimum atomic E-state index is -1.24. The normalized spacial score (nSPS) is 27.1. The van der Waals surface area contributed by atoms with Crippen molar-refractivity contribution in [1.29, 1.82) is 0 Å². The standard InChI is InChI=1S/C25H23NO7/c1-30-25-19(26-23(28)16-10-5-6-11-17(16)24(26)29)22(32-14-15-8-3-2-4-9-15)20(27)21(33-25)18-12-7-13-31-18/h2-13,19-22,25,27H,14H2,1H3/t19-,20-,21+,22-,25-/m1/s1. The Bertz CT molecular complexity index is 1100. The quantitative estimate of drug-likeness (QED) is 0.578. The van der Waals surface area contributed by atoms with Gasteiger partial charge in [0.2, 0.25) is 0 Å². The van der Waals surface area contributed by atoms with Crippen molar-refractivity contribution < 1.29 is 33.3 Å². The van der Waals surface area contributed by atoms with Crippen molar-refractivity contribution in [3.63, 3.8) is 0 Å². The van der Waals surface area contributed by atoms with E-state index in [0.717, 1.165) is 10.5 Å². The number of amides is 2. The Kier molecular flexibility index (Phi) is 5.82. The van der Waals surface area contributed by atoms with Gasteiger partial charge < -0.3 is 23.7 Å². The van der Waals surface area contributed by atoms with Crippen LogP contribution >= 0.6 is 0 Å². The van der Waals surface area contributed by atoms with Gasteiger partial charge in [-0.3, -0.25) is 14.5 Å². The Morgan fingerprint density at radius 3 is 2.21 bits per heavy atom. The fourth-order valence-electron chi connectivity index (χ4n) is 4.43. The van der Waals surface area contributed by atoms with Crippen LogP contribution in [0.3, 0.4) is 0 Å². The average Bonchev–Trinajstić information content (AvgIpc) is 3.46. The van der Waals surface area contributed by atoms with Gasteiger partial charge in [-0.25, -0.2) is 0 Å². The van der Waals surface area contributed by atoms with E-state index in [0.29, 0.717) is 16.9 Å². The first-order valence-electron chi connectivity index (χ1n) is 10.6. The molecule has 2 amide bonds. The van der Waals surface area contributed by atoms with Crippen molar-refractivity contribution in [3.05, 3.63) is 95.4 Å². The maximum absolute atomic E-state index is 13.2. The number of rotatable bonds is 6. The third kappa shape index (κ3) is 3.77. The number of hydrogen-bond donors (Lipinski definition) is 1. The lowest BCUT2D eigenvalue weighted by Gasteiger charge is -2.46. The van der Waals surface area contributed by atoms with Crippen LogP contribution in [0, 0.1) is 0 Å². The third-order valence-electron chi connectivity index (χ3n) is 6.01. The van der Waals surface area contributed by atoms with Crippen LogP contribution < -0.4 is 0 Å². The molecule has 8 heteroatoms. The molecule has 170 valence electrons. The van der Waals surface area contributed by atoms with E-state index in [1.54, 1.807) is 36.4 Å². The number of aliphatic hydroxyl groups is 1. The fraction of sp³-hybridized carbons (Fsp3) is 0.280. The summed E-state index contributed by atoms with van der Waals surface area (Å²) >= 11 is 0. The first-order chi connectivity index (χ1) is 16.1. The molecule has 2 aliphatic heterocycles. The van der Waals surface area contributed by atoms with Gasteiger partial charge in [0.05, 0.1) is 24.0 Å². The van der Waals surface area contributed by atoms with E-state index in [-0.39, 0.29) is 6.61 Å². The molecule has 1 saturated heterocycles. The maximum Gasteiger partial charge on any atom is 0.262 e. The molecule has 1 aromatic heterocycles. The topological polar surface area (TPSA) is 98.4 Å². The first-order valence-corrected chi connectivity index (χ1v) is 10.6. The summed E-state index contributed by atoms with van der Waals surface area (Å²) < 4.78 is 23.2. The molecule has 8 nitrogen and oxygen atoms in total. The monoisotopic (exact) mass is 449 g/mol. The van der Waals surface area contributed by atoms with Crippen LogP contribution in [0.1, 0.15) is 38.1 Å². The molecule has 3 heterocycles. The zero-order chi connectivity index (χ0) is 22.9. The Morgan fingerprint density at radius 1 is 0.939 bits per heavy atom. The SMILES string of the molecule is CO[C@@H]1O[C@@H](c2ccco2)[C@@H](O)[C@H](OCc2ccccc2)[C@H]1N1C(=O)c2ccccc2C1=O. The van der Waals surface area contributed by atoms with Crippen LogP contribution in [-0.4, -0.2) is 53.5 Å². The number of hydrogen-bond acceptors (Lipinski definition) is 7. The van der Waals surface area contributed by atoms with Crippen molar-refractivity contribution >= 4 is 11.8 Å². The lowest BCUT2D eigenvalue weighted by atomic mass is 9.93. The largest absolute Gasteiger partial charge is 0.466 e. The van der Waals surface area contributed by atoms with E-state index < -0.39 is 42.5 Å². The van der Waals surface area contributed by atoms with Gasteiger partial charge in [-0.15, -0.1) is 0 Å². The smallest absolute Gasteiger partial charge is 0.262 e. The van der Waals surface area contributed by atoms with E-state index in [1.165, 1.54) is 13.4 Å². The van der Waals surface area contributed by atoms with Gasteiger partial charge in [0.15, 0.2) is 6.29 Å². The third-order valence-corrected chi connectivity index (χ3v) is 6.01. The average molecular weight is 449 g/mol. The highest BCUT2D eigenvalue weighted by molar-refractivity contribution is 6.21. The fourth-order valence-corrected chi connectivity index (χ4v) is 4.43. The molecule has 2 aliphatic rings. The summed E-state index contributed by atoms with van der Waals surface area (Å²) in [7, 11) is 1.42. The highest BCUT2D eigenvalue weighted by Crippen LogP contribution is 2.39. The second kappa shape index (κ2) is 8.92. The maximum atomic E-state index is 13.2. The minimum Gasteiger partial charge on any atom is -0.466 e. The van der Waals surface area contributed by atoms with Crippen molar-refractivity contribution in [3.8, 4) is 0 Å². The van der Waals surface area contributed by atoms with E-state index in [9.17, 15) is 14.7 Å². The number of carbonyl (C=O) groups is 2. The number of ether oxygens (including phenoxy) is 3. The molecule has 0 aliphatic carbocycles. The summed E-state index contributed by atoms with van der Waals surface area (Å²) in [5.74, 6) is -0.579. The second-order valence-electron chi connectivity index (χ2n) is 7.94. The molecule has 0 unspecified atom stereocenters. The van der Waals surface area contributed by atoms with Crippen LogP contribution in [0.15, 0.2) is 77.4 Å². The van der Waals surface area contributed by atoms with Crippen molar-refractivity contribution in [2.75, 3.05) is 7.11 Å². The molecule has 5 atom stereocenters. The summed E-state index contributed by atoms with van der Waals surface area (Å²) in [4.78, 5) is 27.6. The summed E-state index contributed by atoms with van der Waals surface area (Å²) in [5, 5.41) is 11.3. The number of fused-ring (bicyclic) bond motifs is 1. The Balaban J connectivity index is 1.52. The number of carbonyl (C=O) groups excluding carboxylic acids is 2. The lowest BCUT2D eigenvalue weighted by Crippen LogP contribution is -2.63. The molecule has 0 radical (unpaired) electrons. The number of aliphatic hydroxyl groups excluding tert-OH is 1. The number of methoxy groups -OCH3 is 1. The molecule has 3 aromatic rings. The second-order valence-corrected chi connectivity index (χ2v) is 7.94. The van der Waals surface area contributed by atoms with Crippen molar-refractivity contribution in [2.24, 2.45) is 0 Å². The molecule has 0 saturated carbocycles. The van der Waals surface area contributed by atoms with Crippen LogP contribution in [0.2, 0.25) is 0 Å². The summed E-state index contributed by atoms with van der Waals surface area (Å²) in [6, 6.07) is 18.4. The summed E-state index contributed by atoms with van der Waals surface area (Å²) in [5.41, 5.74) is 1.46. The van der Waals surface area contributed by atoms with E-state index in [1.807, 2.05) is 30.3 Å². The van der Waals surface area contributed by atoms with Gasteiger partial charge in [-0.05, 0) is 29.8 Å². The first kappa shape index (κ1) is 21.5. The molecule has 5 rings (SSSR count). The minimum absolute atomic E-state index is 0.156. The van der Waals surface area contributed by atoms with E-state index >= 15 is 0 Å². The number of furan rings is 1. The summed E-state index contributed by atoms with van der Waals surface area (Å²) in [6.07, 6.45) is -2.71. The van der Waals surface area contributed by atoms with Crippen molar-refractivity contribution in [1.82, 2.24) is 4.90 Å². The molecule has 1 N–H and O–H groups in total. The van der Waals surface area contributed by atoms with Crippen LogP contribution in [-0.2, 0) is 20.8 Å². The van der Waals surface area contributed by atoms with E-state index in [2.05, 4.69) is 0 Å². The zero-order valence-corrected chi connectivity index (χ0v) is 17.9. The highest BCUT2D eigenvalue weighted by Gasteiger charge is 2.55. The lowest BCUT2D eigenvalue weighted by molar-refractivity contribution is -0.281. The molecular formula is C25H23NO7. The molecular weight excluding hydrogens is 426 g/mol. The zero-order valence-electron chi connectivity index (χ0n) is 17.9. The molecule has 2 aromatic carbocycles. The Labute approximate surface area is 190 Å². The van der Waals surface area contributed by atoms with Gasteiger partial charge in [0.1, 0.15) is 30.1 Å². The van der Waals surface area contributed by atoms with Gasteiger partial charge in [-0.2, -0.15) is 0 Å². The molecule has 33 heavy (non-hydrogen) atoms. The summed E-state index contributed by atoms with van der Waals surface area (Å²) in [6.45, 7) is 0.156. The van der Waals surface area contributed by atoms with Gasteiger partial charge in [0, 0.05) is 7.11 Å². The highest BCUT2D eigenvalue weighted by atomic mass is 16.7. The van der Waals surface area contributed by atoms with Crippen LogP contribution in [0.5, 0.6) is 0 Å². The number of benzene rings is 2. The molecule has 0 spiro atoms. The number of nitrogens with zero attached hydrogens (tertiary/aromatic N) is 1. The number of imide groups is 1. The van der Waals surface area contributed by atoms with E-state index in [4.69, 9.17) is 18.6 Å². The van der Waals surface area contributed by atoms with Crippen LogP contribution in [0.4, 0.5) is 0 Å². The van der Waals surface area contributed by atoms with Gasteiger partial charge >= 0.3 is 0 Å². The predicted molar refractivity (Wildman–Crippen MR) is 115 cm³/mol. The molecule has 1 fully saturated rings. The molecule has 0 bridgehead atoms. The Morgan fingerprint density at radius 2 is 1.61 bits per heavy atom.